The molecule has 0 radical (unpaired) electrons. The maximum atomic E-state index is 10.4. The van der Waals surface area contributed by atoms with E-state index in [0.717, 1.165) is 57.5 Å². The van der Waals surface area contributed by atoms with E-state index in [4.69, 9.17) is 42.6 Å². The van der Waals surface area contributed by atoms with Crippen molar-refractivity contribution < 1.29 is 82.5 Å². The summed E-state index contributed by atoms with van der Waals surface area (Å²) in [7, 11) is -1.81. The van der Waals surface area contributed by atoms with Gasteiger partial charge in [-0.05, 0) is 144 Å². The maximum absolute atomic E-state index is 10.4. The zero-order valence-corrected chi connectivity index (χ0v) is 48.1. The van der Waals surface area contributed by atoms with E-state index in [9.17, 15) is 19.2 Å². The van der Waals surface area contributed by atoms with Crippen LogP contribution < -0.4 is 14.5 Å². The Balaban J connectivity index is 0.0000124. The van der Waals surface area contributed by atoms with Crippen LogP contribution in [0.4, 0.5) is 0 Å². The topological polar surface area (TPSA) is 35.9 Å². The van der Waals surface area contributed by atoms with Gasteiger partial charge in [-0.3, -0.25) is 4.57 Å². The SMILES string of the molecule is [2H]c1c([2H])c2c(c([2H])c1-c1cccc(-c3c([2H])c([2H])c4c(c3[2H])C(C([2H])([2H])[2H])(C([2H])([2H])[2H])C([2H])([2H])C([2H])([2H])C4(C([2H])([2H])[2H])C([2H])([2H])[2H])c1-[n+]1[c-]n(-c3[c-]c(Oc4[c-]c5c(cc4)c4cc6c(cc4n5-c4cc(C(C)(C)C)ccn4)CCC[Si]64CCCC4)ccc3)c3ccccc31)C(C([2H])([2H])[2H])(C([2H])([2H])[2H])C([2H])([2H])C([2H])([2H])C2(C([2H])([2H])[2H])C([2H])([2H])[2H].[Pt]. The third-order valence-electron chi connectivity index (χ3n) is 16.5. The van der Waals surface area contributed by atoms with Crippen LogP contribution in [-0.2, 0) is 54.6 Å². The van der Waals surface area contributed by atoms with Crippen molar-refractivity contribution in [2.75, 3.05) is 0 Å². The number of fused-ring (bicyclic) bond motifs is 8. The van der Waals surface area contributed by atoms with Gasteiger partial charge in [0.15, 0.2) is 0 Å². The summed E-state index contributed by atoms with van der Waals surface area (Å²) in [6.07, 6.45) is -10.0. The van der Waals surface area contributed by atoms with E-state index in [-0.39, 0.29) is 54.7 Å². The standard InChI is InChI=1S/C75H78N4OSi.Pt/c1-71(2,3)52-32-37-76-69(44-52)79-66-43-51-19-18-40-81(38-14-15-39-81)68(51)47-59(66)58-29-28-55(46-67(58)79)80-54-21-16-20-53(45-54)77-48-78(65-25-13-12-24-64(65)77)70-56(49-26-30-60-62(41-49)74(8,9)35-33-72(60,4)5)22-17-23-57(70)50-27-31-61-63(42-50)75(10,11)36-34-73(61,6)7;/h12-13,16-17,20-32,37,41-44,47H,14-15,18-19,33-36,38-40H2,1-11H3;/q-2;/i4D3,5D3,6D3,7D3,8D3,9D3,10D3,11D3,26D,27D,30D,31D,33D2,34D2,35D2,36D2,41D,42D;. The van der Waals surface area contributed by atoms with Crippen LogP contribution >= 0.6 is 0 Å². The number of aromatic nitrogens is 4. The number of ether oxygens (including phenoxy) is 1. The molecule has 0 saturated carbocycles. The van der Waals surface area contributed by atoms with Crippen molar-refractivity contribution in [3.63, 3.8) is 0 Å². The van der Waals surface area contributed by atoms with E-state index in [1.54, 1.807) is 12.3 Å². The predicted molar refractivity (Wildman–Crippen MR) is 337 cm³/mol. The number of benzene rings is 7. The minimum Gasteiger partial charge on any atom is -0.510 e. The second-order valence-electron chi connectivity index (χ2n) is 22.9. The van der Waals surface area contributed by atoms with Crippen LogP contribution in [0.5, 0.6) is 11.5 Å². The number of hydrogen-bond acceptors (Lipinski definition) is 2. The Kier molecular flexibility index (Phi) is 6.39. The van der Waals surface area contributed by atoms with Crippen molar-refractivity contribution in [2.45, 2.75) is 172 Å². The number of aryl methyl sites for hydroxylation is 1. The predicted octanol–water partition coefficient (Wildman–Crippen LogP) is 18.3. The van der Waals surface area contributed by atoms with Gasteiger partial charge in [-0.1, -0.05) is 208 Å². The Morgan fingerprint density at radius 1 is 0.646 bits per heavy atom. The molecule has 10 aromatic rings. The molecule has 0 atom stereocenters. The number of hydrogen-bond donors (Lipinski definition) is 0. The molecule has 3 aromatic heterocycles. The van der Waals surface area contributed by atoms with Crippen molar-refractivity contribution in [3.05, 3.63) is 191 Å². The van der Waals surface area contributed by atoms with Crippen LogP contribution in [0, 0.1) is 18.5 Å². The minimum absolute atomic E-state index is 0. The smallest absolute Gasteiger partial charge is 0.268 e. The summed E-state index contributed by atoms with van der Waals surface area (Å²) in [5.41, 5.74) is -28.2. The number of para-hydroxylation sites is 3. The van der Waals surface area contributed by atoms with Crippen molar-refractivity contribution in [3.8, 4) is 50.9 Å². The first-order valence-electron chi connectivity index (χ1n) is 45.9. The van der Waals surface area contributed by atoms with Crippen LogP contribution in [-0.4, -0.2) is 22.2 Å². The fourth-order valence-electron chi connectivity index (χ4n) is 12.5. The Bertz CT molecular complexity index is 5640. The summed E-state index contributed by atoms with van der Waals surface area (Å²) >= 11 is 0. The summed E-state index contributed by atoms with van der Waals surface area (Å²) < 4.78 is 365. The zero-order chi connectivity index (χ0) is 88.4. The molecule has 0 bridgehead atoms. The molecule has 2 aliphatic carbocycles. The molecule has 4 aliphatic rings. The summed E-state index contributed by atoms with van der Waals surface area (Å²) in [6, 6.07) is 25.3. The van der Waals surface area contributed by atoms with Gasteiger partial charge in [-0.2, -0.15) is 18.2 Å². The molecule has 5 heterocycles. The van der Waals surface area contributed by atoms with E-state index >= 15 is 0 Å². The Morgan fingerprint density at radius 2 is 1.27 bits per heavy atom. The fourth-order valence-corrected chi connectivity index (χ4v) is 18.1. The van der Waals surface area contributed by atoms with E-state index in [1.165, 1.54) is 88.8 Å². The Morgan fingerprint density at radius 3 is 1.93 bits per heavy atom. The number of imidazole rings is 1. The van der Waals surface area contributed by atoms with Crippen LogP contribution in [0.2, 0.25) is 18.1 Å². The van der Waals surface area contributed by atoms with Gasteiger partial charge >= 0.3 is 0 Å². The quantitative estimate of drug-likeness (QED) is 0.0906. The van der Waals surface area contributed by atoms with Gasteiger partial charge in [-0.15, -0.1) is 29.7 Å². The molecular formula is C75H78N4OPtSi-2. The first-order chi connectivity index (χ1) is 54.3. The number of pyridine rings is 1. The van der Waals surface area contributed by atoms with Crippen molar-refractivity contribution in [1.82, 2.24) is 14.1 Å². The molecule has 1 spiro atoms. The van der Waals surface area contributed by atoms with Gasteiger partial charge in [0, 0.05) is 88.1 Å². The molecule has 5 nitrogen and oxygen atoms in total. The largest absolute Gasteiger partial charge is 0.510 e. The second-order valence-corrected chi connectivity index (χ2v) is 27.5. The summed E-state index contributed by atoms with van der Waals surface area (Å²) in [6.45, 7) is -30.1. The molecule has 0 unspecified atom stereocenters. The average Bonchev–Trinajstić information content (AvgIpc) is 0.708. The molecule has 0 amide bonds. The molecule has 2 aliphatic heterocycles. The third-order valence-corrected chi connectivity index (χ3v) is 22.1. The molecule has 1 saturated heterocycles. The number of nitrogens with zero attached hydrogens (tertiary/aromatic N) is 4. The van der Waals surface area contributed by atoms with Gasteiger partial charge in [0.2, 0.25) is 0 Å². The van der Waals surface area contributed by atoms with Gasteiger partial charge < -0.3 is 13.9 Å². The molecule has 82 heavy (non-hydrogen) atoms. The van der Waals surface area contributed by atoms with E-state index < -0.39 is 196 Å². The fraction of sp³-hybridized carbons (Fsp3) is 0.360. The molecule has 420 valence electrons. The molecule has 7 aromatic carbocycles. The van der Waals surface area contributed by atoms with Gasteiger partial charge in [-0.25, -0.2) is 4.98 Å². The first-order valence-corrected chi connectivity index (χ1v) is 29.5. The normalized spacial score (nSPS) is 28.8. The van der Waals surface area contributed by atoms with E-state index in [0.29, 0.717) is 11.3 Å². The van der Waals surface area contributed by atoms with Crippen molar-refractivity contribution >= 4 is 46.1 Å². The molecule has 1 fully saturated rings. The zero-order valence-electron chi connectivity index (χ0n) is 82.8. The van der Waals surface area contributed by atoms with Crippen molar-refractivity contribution in [1.29, 1.82) is 0 Å². The Hall–Kier alpha value is -6.33. The minimum atomic E-state index is -4.85. The van der Waals surface area contributed by atoms with Gasteiger partial charge in [0.25, 0.3) is 6.33 Å². The summed E-state index contributed by atoms with van der Waals surface area (Å²) in [4.78, 5) is 4.93. The molecule has 0 N–H and O–H groups in total. The summed E-state index contributed by atoms with van der Waals surface area (Å²) in [5.74, 6) is 0.803. The van der Waals surface area contributed by atoms with Crippen LogP contribution in [0.15, 0.2) is 140 Å². The molecule has 7 heteroatoms. The number of rotatable bonds is 7. The molecular weight excluding hydrogens is 1200 g/mol. The van der Waals surface area contributed by atoms with Gasteiger partial charge in [0.1, 0.15) is 5.82 Å². The average molecular weight is 1310 g/mol. The maximum Gasteiger partial charge on any atom is 0.268 e. The Labute approximate surface area is 555 Å². The first kappa shape index (κ1) is 26.7. The molecule has 14 rings (SSSR count). The van der Waals surface area contributed by atoms with Crippen molar-refractivity contribution in [2.24, 2.45) is 0 Å². The van der Waals surface area contributed by atoms with Gasteiger partial charge in [0.05, 0.1) is 33.0 Å². The van der Waals surface area contributed by atoms with E-state index in [2.05, 4.69) is 55.9 Å². The van der Waals surface area contributed by atoms with Crippen LogP contribution in [0.3, 0.4) is 0 Å². The second kappa shape index (κ2) is 19.6. The van der Waals surface area contributed by atoms with E-state index in [1.807, 2.05) is 18.2 Å². The summed E-state index contributed by atoms with van der Waals surface area (Å²) in [5, 5.41) is 3.34. The van der Waals surface area contributed by atoms with Crippen LogP contribution in [0.1, 0.15) is 206 Å². The third kappa shape index (κ3) is 9.02. The van der Waals surface area contributed by atoms with Crippen LogP contribution in [0.25, 0.3) is 72.3 Å². The monoisotopic (exact) mass is 1310 g/mol.